The first-order chi connectivity index (χ1) is 8.22. The van der Waals surface area contributed by atoms with E-state index in [4.69, 9.17) is 4.84 Å². The molecule has 0 N–H and O–H groups in total. The Morgan fingerprint density at radius 2 is 1.88 bits per heavy atom. The standard InChI is InChI=1S/C15H23NO/c1-4-5-6-7-14(3)16-17-12-15-10-8-13(2)9-11-15/h8-11H,4-7,12H2,1-3H3/b16-14+. The summed E-state index contributed by atoms with van der Waals surface area (Å²) < 4.78 is 0. The van der Waals surface area contributed by atoms with Gasteiger partial charge in [-0.15, -0.1) is 0 Å². The molecule has 0 amide bonds. The molecule has 2 heteroatoms. The van der Waals surface area contributed by atoms with E-state index in [0.717, 1.165) is 12.1 Å². The second kappa shape index (κ2) is 7.88. The Bertz CT molecular complexity index is 340. The Kier molecular flexibility index (Phi) is 6.38. The highest BCUT2D eigenvalue weighted by Gasteiger charge is 1.94. The molecule has 0 unspecified atom stereocenters. The van der Waals surface area contributed by atoms with Gasteiger partial charge in [0.15, 0.2) is 0 Å². The van der Waals surface area contributed by atoms with Crippen molar-refractivity contribution in [3.05, 3.63) is 35.4 Å². The van der Waals surface area contributed by atoms with Crippen molar-refractivity contribution in [1.29, 1.82) is 0 Å². The Balaban J connectivity index is 2.26. The number of aryl methyl sites for hydroxylation is 1. The second-order valence-electron chi connectivity index (χ2n) is 4.54. The Hall–Kier alpha value is -1.31. The summed E-state index contributed by atoms with van der Waals surface area (Å²) in [7, 11) is 0. The first-order valence-corrected chi connectivity index (χ1v) is 6.43. The summed E-state index contributed by atoms with van der Waals surface area (Å²) in [6, 6.07) is 8.35. The zero-order chi connectivity index (χ0) is 12.5. The van der Waals surface area contributed by atoms with E-state index in [2.05, 4.69) is 43.3 Å². The van der Waals surface area contributed by atoms with Gasteiger partial charge in [0.1, 0.15) is 6.61 Å². The number of rotatable bonds is 7. The summed E-state index contributed by atoms with van der Waals surface area (Å²) in [5, 5.41) is 4.13. The first-order valence-electron chi connectivity index (χ1n) is 6.43. The smallest absolute Gasteiger partial charge is 0.142 e. The van der Waals surface area contributed by atoms with Gasteiger partial charge in [0.2, 0.25) is 0 Å². The molecule has 0 heterocycles. The van der Waals surface area contributed by atoms with Gasteiger partial charge in [-0.1, -0.05) is 54.8 Å². The molecular formula is C15H23NO. The maximum absolute atomic E-state index is 5.34. The summed E-state index contributed by atoms with van der Waals surface area (Å²) in [6.45, 7) is 6.89. The lowest BCUT2D eigenvalue weighted by Crippen LogP contribution is -1.94. The SMILES string of the molecule is CCCCC/C(C)=N/OCc1ccc(C)cc1. The van der Waals surface area contributed by atoms with Crippen LogP contribution in [0.2, 0.25) is 0 Å². The van der Waals surface area contributed by atoms with E-state index in [9.17, 15) is 0 Å². The minimum Gasteiger partial charge on any atom is -0.391 e. The van der Waals surface area contributed by atoms with E-state index in [1.165, 1.54) is 30.4 Å². The predicted molar refractivity (Wildman–Crippen MR) is 73.2 cm³/mol. The monoisotopic (exact) mass is 233 g/mol. The van der Waals surface area contributed by atoms with Crippen LogP contribution in [-0.4, -0.2) is 5.71 Å². The molecule has 0 atom stereocenters. The maximum Gasteiger partial charge on any atom is 0.142 e. The lowest BCUT2D eigenvalue weighted by Gasteiger charge is -2.03. The van der Waals surface area contributed by atoms with Gasteiger partial charge in [-0.2, -0.15) is 0 Å². The van der Waals surface area contributed by atoms with Gasteiger partial charge in [0, 0.05) is 0 Å². The fourth-order valence-electron chi connectivity index (χ4n) is 1.58. The average Bonchev–Trinajstić information content (AvgIpc) is 2.32. The molecule has 1 aromatic rings. The molecule has 0 aliphatic carbocycles. The largest absolute Gasteiger partial charge is 0.391 e. The Labute approximate surface area is 105 Å². The number of hydrogen-bond acceptors (Lipinski definition) is 2. The summed E-state index contributed by atoms with van der Waals surface area (Å²) in [5.41, 5.74) is 3.53. The lowest BCUT2D eigenvalue weighted by molar-refractivity contribution is 0.129. The van der Waals surface area contributed by atoms with Crippen molar-refractivity contribution in [3.63, 3.8) is 0 Å². The van der Waals surface area contributed by atoms with Crippen molar-refractivity contribution >= 4 is 5.71 Å². The molecular weight excluding hydrogens is 210 g/mol. The van der Waals surface area contributed by atoms with Crippen LogP contribution in [0.25, 0.3) is 0 Å². The van der Waals surface area contributed by atoms with Crippen LogP contribution in [0.4, 0.5) is 0 Å². The van der Waals surface area contributed by atoms with Gasteiger partial charge in [0.05, 0.1) is 5.71 Å². The normalized spacial score (nSPS) is 11.6. The Morgan fingerprint density at radius 1 is 1.18 bits per heavy atom. The molecule has 0 bridgehead atoms. The molecule has 0 aliphatic rings. The van der Waals surface area contributed by atoms with Crippen molar-refractivity contribution in [2.45, 2.75) is 53.1 Å². The van der Waals surface area contributed by atoms with Crippen LogP contribution in [0.3, 0.4) is 0 Å². The van der Waals surface area contributed by atoms with E-state index in [-0.39, 0.29) is 0 Å². The third kappa shape index (κ3) is 6.10. The lowest BCUT2D eigenvalue weighted by atomic mass is 10.1. The average molecular weight is 233 g/mol. The quantitative estimate of drug-likeness (QED) is 0.387. The first kappa shape index (κ1) is 13.8. The van der Waals surface area contributed by atoms with E-state index in [1.54, 1.807) is 0 Å². The molecule has 0 fully saturated rings. The van der Waals surface area contributed by atoms with Gasteiger partial charge in [-0.25, -0.2) is 0 Å². The number of oxime groups is 1. The minimum atomic E-state index is 0.561. The summed E-state index contributed by atoms with van der Waals surface area (Å²) in [4.78, 5) is 5.34. The van der Waals surface area contributed by atoms with Crippen LogP contribution < -0.4 is 0 Å². The van der Waals surface area contributed by atoms with Gasteiger partial charge >= 0.3 is 0 Å². The summed E-state index contributed by atoms with van der Waals surface area (Å²) in [5.74, 6) is 0. The fourth-order valence-corrected chi connectivity index (χ4v) is 1.58. The van der Waals surface area contributed by atoms with E-state index in [1.807, 2.05) is 6.92 Å². The number of hydrogen-bond donors (Lipinski definition) is 0. The van der Waals surface area contributed by atoms with E-state index >= 15 is 0 Å². The van der Waals surface area contributed by atoms with Gasteiger partial charge in [-0.05, 0) is 32.3 Å². The molecule has 94 valence electrons. The maximum atomic E-state index is 5.34. The minimum absolute atomic E-state index is 0.561. The summed E-state index contributed by atoms with van der Waals surface area (Å²) >= 11 is 0. The number of benzene rings is 1. The highest BCUT2D eigenvalue weighted by Crippen LogP contribution is 2.06. The second-order valence-corrected chi connectivity index (χ2v) is 4.54. The highest BCUT2D eigenvalue weighted by molar-refractivity contribution is 5.81. The molecule has 0 spiro atoms. The van der Waals surface area contributed by atoms with Crippen molar-refractivity contribution in [3.8, 4) is 0 Å². The van der Waals surface area contributed by atoms with Crippen LogP contribution in [0.15, 0.2) is 29.4 Å². The molecule has 0 saturated carbocycles. The summed E-state index contributed by atoms with van der Waals surface area (Å²) in [6.07, 6.45) is 4.77. The number of nitrogens with zero attached hydrogens (tertiary/aromatic N) is 1. The Morgan fingerprint density at radius 3 is 2.53 bits per heavy atom. The van der Waals surface area contributed by atoms with Crippen LogP contribution in [0.5, 0.6) is 0 Å². The molecule has 0 aromatic heterocycles. The van der Waals surface area contributed by atoms with Crippen molar-refractivity contribution < 1.29 is 4.84 Å². The van der Waals surface area contributed by atoms with Crippen molar-refractivity contribution in [1.82, 2.24) is 0 Å². The molecule has 0 saturated heterocycles. The third-order valence-electron chi connectivity index (χ3n) is 2.71. The molecule has 0 aliphatic heterocycles. The van der Waals surface area contributed by atoms with Crippen LogP contribution >= 0.6 is 0 Å². The van der Waals surface area contributed by atoms with Crippen molar-refractivity contribution in [2.75, 3.05) is 0 Å². The topological polar surface area (TPSA) is 21.6 Å². The van der Waals surface area contributed by atoms with E-state index in [0.29, 0.717) is 6.61 Å². The fraction of sp³-hybridized carbons (Fsp3) is 0.533. The van der Waals surface area contributed by atoms with Gasteiger partial charge in [-0.3, -0.25) is 0 Å². The van der Waals surface area contributed by atoms with Crippen LogP contribution in [-0.2, 0) is 11.4 Å². The predicted octanol–water partition coefficient (Wildman–Crippen LogP) is 4.47. The molecule has 2 nitrogen and oxygen atoms in total. The van der Waals surface area contributed by atoms with Gasteiger partial charge < -0.3 is 4.84 Å². The zero-order valence-electron chi connectivity index (χ0n) is 11.2. The van der Waals surface area contributed by atoms with Crippen molar-refractivity contribution in [2.24, 2.45) is 5.16 Å². The zero-order valence-corrected chi connectivity index (χ0v) is 11.2. The third-order valence-corrected chi connectivity index (χ3v) is 2.71. The molecule has 17 heavy (non-hydrogen) atoms. The molecule has 1 aromatic carbocycles. The molecule has 1 rings (SSSR count). The number of unbranched alkanes of at least 4 members (excludes halogenated alkanes) is 2. The highest BCUT2D eigenvalue weighted by atomic mass is 16.6. The van der Waals surface area contributed by atoms with Crippen LogP contribution in [0.1, 0.15) is 50.7 Å². The van der Waals surface area contributed by atoms with Gasteiger partial charge in [0.25, 0.3) is 0 Å². The van der Waals surface area contributed by atoms with Crippen LogP contribution in [0, 0.1) is 6.92 Å². The van der Waals surface area contributed by atoms with E-state index < -0.39 is 0 Å². The molecule has 0 radical (unpaired) electrons.